The Morgan fingerprint density at radius 2 is 2.21 bits per heavy atom. The van der Waals surface area contributed by atoms with E-state index in [1.807, 2.05) is 29.0 Å². The molecule has 1 aromatic heterocycles. The third-order valence-electron chi connectivity index (χ3n) is 2.66. The lowest BCUT2D eigenvalue weighted by Crippen LogP contribution is -2.07. The maximum absolute atomic E-state index is 5.27. The molecule has 1 N–H and O–H groups in total. The lowest BCUT2D eigenvalue weighted by Gasteiger charge is -2.11. The van der Waals surface area contributed by atoms with E-state index in [-0.39, 0.29) is 0 Å². The van der Waals surface area contributed by atoms with Crippen LogP contribution in [0.4, 0.5) is 11.6 Å². The van der Waals surface area contributed by atoms with Crippen LogP contribution >= 0.6 is 15.9 Å². The Labute approximate surface area is 120 Å². The van der Waals surface area contributed by atoms with Gasteiger partial charge in [-0.3, -0.25) is 0 Å². The van der Waals surface area contributed by atoms with Gasteiger partial charge in [-0.25, -0.2) is 4.98 Å². The van der Waals surface area contributed by atoms with E-state index in [9.17, 15) is 0 Å². The molecule has 102 valence electrons. The second-order valence-electron chi connectivity index (χ2n) is 3.91. The number of hydrogen-bond donors (Lipinski definition) is 1. The summed E-state index contributed by atoms with van der Waals surface area (Å²) in [6.07, 6.45) is 3.67. The van der Waals surface area contributed by atoms with Crippen molar-refractivity contribution in [1.29, 1.82) is 0 Å². The third-order valence-corrected chi connectivity index (χ3v) is 3.31. The Hall–Kier alpha value is -1.53. The molecule has 0 bridgehead atoms. The molecule has 0 fully saturated rings. The summed E-state index contributed by atoms with van der Waals surface area (Å²) in [4.78, 5) is 4.29. The molecule has 0 saturated carbocycles. The third kappa shape index (κ3) is 3.48. The Balaban J connectivity index is 2.14. The van der Waals surface area contributed by atoms with E-state index in [2.05, 4.69) is 26.2 Å². The van der Waals surface area contributed by atoms with Gasteiger partial charge in [0.2, 0.25) is 5.95 Å². The summed E-state index contributed by atoms with van der Waals surface area (Å²) in [6.45, 7) is 1.40. The van der Waals surface area contributed by atoms with Gasteiger partial charge < -0.3 is 19.4 Å². The molecule has 0 amide bonds. The average Bonchev–Trinajstić information content (AvgIpc) is 2.86. The molecule has 0 unspecified atom stereocenters. The molecule has 19 heavy (non-hydrogen) atoms. The zero-order chi connectivity index (χ0) is 13.7. The van der Waals surface area contributed by atoms with Gasteiger partial charge in [0.1, 0.15) is 5.75 Å². The fourth-order valence-electron chi connectivity index (χ4n) is 1.67. The van der Waals surface area contributed by atoms with Gasteiger partial charge in [0.25, 0.3) is 0 Å². The van der Waals surface area contributed by atoms with Gasteiger partial charge >= 0.3 is 0 Å². The Morgan fingerprint density at radius 3 is 2.95 bits per heavy atom. The largest absolute Gasteiger partial charge is 0.495 e. The molecule has 0 atom stereocenters. The summed E-state index contributed by atoms with van der Waals surface area (Å²) in [5.41, 5.74) is 0.921. The van der Waals surface area contributed by atoms with Gasteiger partial charge in [-0.1, -0.05) is 0 Å². The maximum atomic E-state index is 5.27. The number of methoxy groups -OCH3 is 2. The minimum absolute atomic E-state index is 0.648. The van der Waals surface area contributed by atoms with E-state index < -0.39 is 0 Å². The van der Waals surface area contributed by atoms with Crippen LogP contribution in [0.2, 0.25) is 0 Å². The lowest BCUT2D eigenvalue weighted by molar-refractivity contribution is 0.188. The van der Waals surface area contributed by atoms with Crippen molar-refractivity contribution in [3.8, 4) is 5.75 Å². The number of hydrogen-bond acceptors (Lipinski definition) is 4. The van der Waals surface area contributed by atoms with E-state index >= 15 is 0 Å². The lowest BCUT2D eigenvalue weighted by atomic mass is 10.3. The first kappa shape index (κ1) is 13.9. The maximum Gasteiger partial charge on any atom is 0.207 e. The highest BCUT2D eigenvalue weighted by Crippen LogP contribution is 2.29. The number of nitrogens with zero attached hydrogens (tertiary/aromatic N) is 2. The van der Waals surface area contributed by atoms with Crippen molar-refractivity contribution in [2.24, 2.45) is 0 Å². The molecule has 2 aromatic rings. The summed E-state index contributed by atoms with van der Waals surface area (Å²) in [5.74, 6) is 1.56. The summed E-state index contributed by atoms with van der Waals surface area (Å²) in [6, 6.07) is 5.81. The minimum Gasteiger partial charge on any atom is -0.495 e. The van der Waals surface area contributed by atoms with E-state index in [1.165, 1.54) is 0 Å². The molecular weight excluding hydrogens is 310 g/mol. The van der Waals surface area contributed by atoms with Crippen LogP contribution < -0.4 is 10.1 Å². The van der Waals surface area contributed by atoms with Gasteiger partial charge in [-0.05, 0) is 28.1 Å². The Bertz CT molecular complexity index is 542. The first-order valence-corrected chi connectivity index (χ1v) is 6.64. The second-order valence-corrected chi connectivity index (χ2v) is 4.77. The SMILES string of the molecule is COCCn1ccnc1Nc1ccc(Br)c(OC)c1. The fourth-order valence-corrected chi connectivity index (χ4v) is 2.08. The Kier molecular flexibility index (Phi) is 4.81. The van der Waals surface area contributed by atoms with E-state index in [4.69, 9.17) is 9.47 Å². The summed E-state index contributed by atoms with van der Waals surface area (Å²) in [7, 11) is 3.33. The first-order valence-electron chi connectivity index (χ1n) is 5.85. The molecule has 1 aromatic carbocycles. The van der Waals surface area contributed by atoms with E-state index in [0.717, 1.165) is 28.4 Å². The molecule has 0 radical (unpaired) electrons. The fraction of sp³-hybridized carbons (Fsp3) is 0.308. The molecule has 0 aliphatic heterocycles. The molecule has 1 heterocycles. The highest BCUT2D eigenvalue weighted by Gasteiger charge is 2.05. The highest BCUT2D eigenvalue weighted by molar-refractivity contribution is 9.10. The summed E-state index contributed by atoms with van der Waals surface area (Å²) < 4.78 is 13.3. The number of rotatable bonds is 6. The van der Waals surface area contributed by atoms with E-state index in [0.29, 0.717) is 6.61 Å². The number of ether oxygens (including phenoxy) is 2. The van der Waals surface area contributed by atoms with Crippen molar-refractivity contribution in [3.63, 3.8) is 0 Å². The van der Waals surface area contributed by atoms with Crippen molar-refractivity contribution >= 4 is 27.6 Å². The molecule has 0 saturated heterocycles. The molecule has 2 rings (SSSR count). The quantitative estimate of drug-likeness (QED) is 0.886. The second kappa shape index (κ2) is 6.58. The van der Waals surface area contributed by atoms with Gasteiger partial charge in [0.05, 0.1) is 18.2 Å². The van der Waals surface area contributed by atoms with Gasteiger partial charge in [0.15, 0.2) is 0 Å². The summed E-state index contributed by atoms with van der Waals surface area (Å²) >= 11 is 3.43. The number of aromatic nitrogens is 2. The molecule has 0 spiro atoms. The van der Waals surface area contributed by atoms with Crippen LogP contribution in [0.3, 0.4) is 0 Å². The number of halogens is 1. The smallest absolute Gasteiger partial charge is 0.207 e. The van der Waals surface area contributed by atoms with Crippen LogP contribution in [0.5, 0.6) is 5.75 Å². The van der Waals surface area contributed by atoms with Crippen molar-refractivity contribution < 1.29 is 9.47 Å². The summed E-state index contributed by atoms with van der Waals surface area (Å²) in [5, 5.41) is 3.26. The van der Waals surface area contributed by atoms with Crippen LogP contribution in [0.15, 0.2) is 35.1 Å². The molecular formula is C13H16BrN3O2. The highest BCUT2D eigenvalue weighted by atomic mass is 79.9. The predicted octanol–water partition coefficient (Wildman–Crippen LogP) is 3.04. The zero-order valence-electron chi connectivity index (χ0n) is 10.9. The predicted molar refractivity (Wildman–Crippen MR) is 78.1 cm³/mol. The number of nitrogens with one attached hydrogen (secondary N) is 1. The van der Waals surface area contributed by atoms with Crippen molar-refractivity contribution in [2.45, 2.75) is 6.54 Å². The zero-order valence-corrected chi connectivity index (χ0v) is 12.5. The number of imidazole rings is 1. The van der Waals surface area contributed by atoms with Crippen LogP contribution in [-0.2, 0) is 11.3 Å². The number of benzene rings is 1. The van der Waals surface area contributed by atoms with Crippen LogP contribution in [-0.4, -0.2) is 30.4 Å². The van der Waals surface area contributed by atoms with Crippen molar-refractivity contribution in [1.82, 2.24) is 9.55 Å². The van der Waals surface area contributed by atoms with Crippen LogP contribution in [0.25, 0.3) is 0 Å². The Morgan fingerprint density at radius 1 is 1.37 bits per heavy atom. The molecule has 5 nitrogen and oxygen atoms in total. The van der Waals surface area contributed by atoms with Crippen LogP contribution in [0.1, 0.15) is 0 Å². The molecule has 0 aliphatic rings. The first-order chi connectivity index (χ1) is 9.24. The van der Waals surface area contributed by atoms with Gasteiger partial charge in [0, 0.05) is 37.8 Å². The molecule has 0 aliphatic carbocycles. The van der Waals surface area contributed by atoms with Gasteiger partial charge in [-0.15, -0.1) is 0 Å². The minimum atomic E-state index is 0.648. The standard InChI is InChI=1S/C13H16BrN3O2/c1-18-8-7-17-6-5-15-13(17)16-10-3-4-11(14)12(9-10)19-2/h3-6,9H,7-8H2,1-2H3,(H,15,16). The van der Waals surface area contributed by atoms with Crippen LogP contribution in [0, 0.1) is 0 Å². The molecule has 6 heteroatoms. The normalized spacial score (nSPS) is 10.5. The number of anilines is 2. The van der Waals surface area contributed by atoms with Crippen molar-refractivity contribution in [2.75, 3.05) is 26.1 Å². The average molecular weight is 326 g/mol. The monoisotopic (exact) mass is 325 g/mol. The van der Waals surface area contributed by atoms with E-state index in [1.54, 1.807) is 20.4 Å². The van der Waals surface area contributed by atoms with Crippen molar-refractivity contribution in [3.05, 3.63) is 35.1 Å². The topological polar surface area (TPSA) is 48.3 Å². The van der Waals surface area contributed by atoms with Gasteiger partial charge in [-0.2, -0.15) is 0 Å².